The molecule has 1 aromatic carbocycles. The fourth-order valence-corrected chi connectivity index (χ4v) is 2.20. The van der Waals surface area contributed by atoms with Gasteiger partial charge >= 0.3 is 0 Å². The van der Waals surface area contributed by atoms with Crippen molar-refractivity contribution in [2.45, 2.75) is 32.2 Å². The second-order valence-corrected chi connectivity index (χ2v) is 5.05. The zero-order valence-corrected chi connectivity index (χ0v) is 12.1. The second-order valence-electron chi connectivity index (χ2n) is 5.05. The highest BCUT2D eigenvalue weighted by Gasteiger charge is 2.30. The molecule has 3 rings (SSSR count). The van der Waals surface area contributed by atoms with Crippen molar-refractivity contribution in [3.8, 4) is 11.4 Å². The molecular formula is C15H17N5O. The minimum Gasteiger partial charge on any atom is -0.337 e. The van der Waals surface area contributed by atoms with Gasteiger partial charge in [-0.25, -0.2) is 0 Å². The van der Waals surface area contributed by atoms with Crippen LogP contribution in [0.5, 0.6) is 0 Å². The van der Waals surface area contributed by atoms with E-state index >= 15 is 0 Å². The van der Waals surface area contributed by atoms with Gasteiger partial charge in [0, 0.05) is 18.0 Å². The normalized spacial score (nSPS) is 12.0. The van der Waals surface area contributed by atoms with Crippen molar-refractivity contribution in [3.63, 3.8) is 0 Å². The fraction of sp³-hybridized carbons (Fsp3) is 0.333. The van der Waals surface area contributed by atoms with Crippen molar-refractivity contribution in [1.29, 1.82) is 0 Å². The number of fused-ring (bicyclic) bond motifs is 1. The minimum atomic E-state index is -0.568. The Labute approximate surface area is 122 Å². The fourth-order valence-electron chi connectivity index (χ4n) is 2.20. The zero-order valence-electron chi connectivity index (χ0n) is 12.1. The van der Waals surface area contributed by atoms with Crippen molar-refractivity contribution in [2.24, 2.45) is 5.73 Å². The number of benzene rings is 1. The standard InChI is InChI=1S/C15H17N5O/c1-3-15(16,4-2)14-19-13(20-21-14)10-5-6-11-12(9-10)18-8-7-17-11/h5-9H,3-4,16H2,1-2H3. The third kappa shape index (κ3) is 2.38. The first-order chi connectivity index (χ1) is 10.2. The Kier molecular flexibility index (Phi) is 3.39. The van der Waals surface area contributed by atoms with Gasteiger partial charge < -0.3 is 10.3 Å². The lowest BCUT2D eigenvalue weighted by Gasteiger charge is -2.20. The molecule has 6 nitrogen and oxygen atoms in total. The van der Waals surface area contributed by atoms with Gasteiger partial charge in [0.15, 0.2) is 0 Å². The van der Waals surface area contributed by atoms with Gasteiger partial charge in [-0.2, -0.15) is 4.98 Å². The van der Waals surface area contributed by atoms with E-state index < -0.39 is 5.54 Å². The summed E-state index contributed by atoms with van der Waals surface area (Å²) in [5.41, 5.74) is 8.19. The van der Waals surface area contributed by atoms with Crippen LogP contribution in [0.2, 0.25) is 0 Å². The highest BCUT2D eigenvalue weighted by atomic mass is 16.5. The number of aromatic nitrogens is 4. The van der Waals surface area contributed by atoms with Crippen LogP contribution in [0.3, 0.4) is 0 Å². The molecule has 0 unspecified atom stereocenters. The quantitative estimate of drug-likeness (QED) is 0.791. The van der Waals surface area contributed by atoms with Crippen molar-refractivity contribution < 1.29 is 4.52 Å². The van der Waals surface area contributed by atoms with E-state index in [9.17, 15) is 0 Å². The first kappa shape index (κ1) is 13.6. The summed E-state index contributed by atoms with van der Waals surface area (Å²) >= 11 is 0. The average Bonchev–Trinajstić information content (AvgIpc) is 3.04. The summed E-state index contributed by atoms with van der Waals surface area (Å²) in [4.78, 5) is 13.0. The SMILES string of the molecule is CCC(N)(CC)c1nc(-c2ccc3nccnc3c2)no1. The summed E-state index contributed by atoms with van der Waals surface area (Å²) in [6.07, 6.45) is 4.81. The molecule has 2 N–H and O–H groups in total. The average molecular weight is 283 g/mol. The molecule has 2 heterocycles. The molecule has 21 heavy (non-hydrogen) atoms. The first-order valence-electron chi connectivity index (χ1n) is 7.00. The predicted octanol–water partition coefficient (Wildman–Crippen LogP) is 2.65. The lowest BCUT2D eigenvalue weighted by molar-refractivity contribution is 0.268. The second kappa shape index (κ2) is 5.21. The molecule has 0 spiro atoms. The Balaban J connectivity index is 2.01. The van der Waals surface area contributed by atoms with Crippen LogP contribution in [0.15, 0.2) is 35.1 Å². The minimum absolute atomic E-state index is 0.474. The van der Waals surface area contributed by atoms with E-state index in [4.69, 9.17) is 10.3 Å². The number of hydrogen-bond acceptors (Lipinski definition) is 6. The van der Waals surface area contributed by atoms with Crippen molar-refractivity contribution in [1.82, 2.24) is 20.1 Å². The van der Waals surface area contributed by atoms with Crippen LogP contribution >= 0.6 is 0 Å². The highest BCUT2D eigenvalue weighted by Crippen LogP contribution is 2.27. The molecule has 0 aliphatic rings. The van der Waals surface area contributed by atoms with Gasteiger partial charge in [0.25, 0.3) is 0 Å². The molecule has 3 aromatic rings. The number of hydrogen-bond donors (Lipinski definition) is 1. The van der Waals surface area contributed by atoms with Crippen LogP contribution in [0, 0.1) is 0 Å². The maximum Gasteiger partial charge on any atom is 0.247 e. The van der Waals surface area contributed by atoms with Gasteiger partial charge in [-0.05, 0) is 31.0 Å². The van der Waals surface area contributed by atoms with E-state index in [1.54, 1.807) is 12.4 Å². The Morgan fingerprint density at radius 2 is 1.81 bits per heavy atom. The molecule has 0 radical (unpaired) electrons. The van der Waals surface area contributed by atoms with Crippen LogP contribution in [-0.4, -0.2) is 20.1 Å². The molecule has 0 fully saturated rings. The number of rotatable bonds is 4. The van der Waals surface area contributed by atoms with Crippen LogP contribution < -0.4 is 5.73 Å². The molecule has 0 amide bonds. The summed E-state index contributed by atoms with van der Waals surface area (Å²) in [5, 5.41) is 4.04. The first-order valence-corrected chi connectivity index (χ1v) is 7.00. The van der Waals surface area contributed by atoms with Gasteiger partial charge in [-0.3, -0.25) is 9.97 Å². The molecule has 2 aromatic heterocycles. The van der Waals surface area contributed by atoms with Crippen LogP contribution in [0.4, 0.5) is 0 Å². The molecule has 0 saturated heterocycles. The highest BCUT2D eigenvalue weighted by molar-refractivity contribution is 5.79. The monoisotopic (exact) mass is 283 g/mol. The molecule has 6 heteroatoms. The van der Waals surface area contributed by atoms with E-state index in [0.29, 0.717) is 11.7 Å². The largest absolute Gasteiger partial charge is 0.337 e. The lowest BCUT2D eigenvalue weighted by atomic mass is 9.94. The zero-order chi connectivity index (χ0) is 14.9. The topological polar surface area (TPSA) is 90.7 Å². The summed E-state index contributed by atoms with van der Waals surface area (Å²) in [7, 11) is 0. The van der Waals surface area contributed by atoms with Crippen LogP contribution in [-0.2, 0) is 5.54 Å². The van der Waals surface area contributed by atoms with Gasteiger partial charge in [-0.15, -0.1) is 0 Å². The van der Waals surface area contributed by atoms with E-state index in [2.05, 4.69) is 20.1 Å². The molecular weight excluding hydrogens is 266 g/mol. The summed E-state index contributed by atoms with van der Waals surface area (Å²) in [5.74, 6) is 0.996. The van der Waals surface area contributed by atoms with Crippen LogP contribution in [0.1, 0.15) is 32.6 Å². The van der Waals surface area contributed by atoms with Gasteiger partial charge in [0.2, 0.25) is 11.7 Å². The van der Waals surface area contributed by atoms with Crippen LogP contribution in [0.25, 0.3) is 22.4 Å². The van der Waals surface area contributed by atoms with E-state index in [-0.39, 0.29) is 0 Å². The van der Waals surface area contributed by atoms with Gasteiger partial charge in [0.05, 0.1) is 16.6 Å². The third-order valence-electron chi connectivity index (χ3n) is 3.84. The third-order valence-corrected chi connectivity index (χ3v) is 3.84. The summed E-state index contributed by atoms with van der Waals surface area (Å²) < 4.78 is 5.36. The summed E-state index contributed by atoms with van der Waals surface area (Å²) in [6.45, 7) is 4.03. The van der Waals surface area contributed by atoms with E-state index in [0.717, 1.165) is 29.4 Å². The number of nitrogens with zero attached hydrogens (tertiary/aromatic N) is 4. The number of nitrogens with two attached hydrogens (primary N) is 1. The Morgan fingerprint density at radius 3 is 2.52 bits per heavy atom. The van der Waals surface area contributed by atoms with E-state index in [1.807, 2.05) is 32.0 Å². The maximum absolute atomic E-state index is 6.28. The smallest absolute Gasteiger partial charge is 0.247 e. The molecule has 108 valence electrons. The Bertz CT molecular complexity index is 763. The predicted molar refractivity (Wildman–Crippen MR) is 79.3 cm³/mol. The molecule has 0 aliphatic carbocycles. The van der Waals surface area contributed by atoms with Gasteiger partial charge in [0.1, 0.15) is 0 Å². The Hall–Kier alpha value is -2.34. The van der Waals surface area contributed by atoms with E-state index in [1.165, 1.54) is 0 Å². The van der Waals surface area contributed by atoms with Crippen molar-refractivity contribution in [2.75, 3.05) is 0 Å². The molecule has 0 saturated carbocycles. The maximum atomic E-state index is 6.28. The van der Waals surface area contributed by atoms with Crippen molar-refractivity contribution >= 4 is 11.0 Å². The van der Waals surface area contributed by atoms with Crippen molar-refractivity contribution in [3.05, 3.63) is 36.5 Å². The summed E-state index contributed by atoms with van der Waals surface area (Å²) in [6, 6.07) is 5.69. The van der Waals surface area contributed by atoms with Gasteiger partial charge in [-0.1, -0.05) is 19.0 Å². The Morgan fingerprint density at radius 1 is 1.10 bits per heavy atom. The molecule has 0 bridgehead atoms. The lowest BCUT2D eigenvalue weighted by Crippen LogP contribution is -2.35. The molecule has 0 atom stereocenters. The molecule has 0 aliphatic heterocycles.